The lowest BCUT2D eigenvalue weighted by Gasteiger charge is -2.50. The number of likely N-dealkylation sites (tertiary alicyclic amines) is 1. The van der Waals surface area contributed by atoms with Crippen LogP contribution in [0.25, 0.3) is 0 Å². The number of carboxylic acids is 1. The van der Waals surface area contributed by atoms with Crippen molar-refractivity contribution in [2.45, 2.75) is 75.9 Å². The molecule has 2 aromatic heterocycles. The van der Waals surface area contributed by atoms with Crippen LogP contribution in [-0.2, 0) is 21.9 Å². The molecule has 3 aromatic rings. The molecule has 5 rings (SSSR count). The lowest BCUT2D eigenvalue weighted by Crippen LogP contribution is -2.63. The van der Waals surface area contributed by atoms with Crippen LogP contribution in [0.1, 0.15) is 72.7 Å². The quantitative estimate of drug-likeness (QED) is 0.145. The lowest BCUT2D eigenvalue weighted by molar-refractivity contribution is -0.141. The first-order valence-corrected chi connectivity index (χ1v) is 18.3. The Hall–Kier alpha value is -4.74. The molecule has 2 fully saturated rings. The average molecular weight is 787 g/mol. The largest absolute Gasteiger partial charge is 0.491 e. The standard InChI is InChI=1S/C36H40F6N4O7S/c1-2-7-27-34(53-23-20-28(54-22-23)36(40,41)42,12-6-14-46(27)33(51)31-24(35(37,38)39)11-13-43-32(31)50)21-29(47)45-17-15-44(16-18-45)25-8-3-4-9-26(25)52-19-5-10-30(48)49/h3-4,8-9,11,13,20,22,27H,2,5-7,10,12,14-19,21H2,1H3,(H,43,50)(H,48,49)/t27-,34-/m1/s1. The lowest BCUT2D eigenvalue weighted by atomic mass is 9.78. The maximum atomic E-state index is 14.2. The average Bonchev–Trinajstić information content (AvgIpc) is 3.59. The number of carbonyl (C=O) groups excluding carboxylic acids is 2. The van der Waals surface area contributed by atoms with Gasteiger partial charge in [-0.25, -0.2) is 0 Å². The van der Waals surface area contributed by atoms with Crippen molar-refractivity contribution >= 4 is 34.8 Å². The molecular weight excluding hydrogens is 746 g/mol. The van der Waals surface area contributed by atoms with Gasteiger partial charge in [-0.15, -0.1) is 11.3 Å². The molecule has 0 bridgehead atoms. The van der Waals surface area contributed by atoms with Gasteiger partial charge in [0.25, 0.3) is 11.5 Å². The number of alkyl halides is 6. The first kappa shape index (κ1) is 40.4. The summed E-state index contributed by atoms with van der Waals surface area (Å²) in [5.74, 6) is -2.24. The van der Waals surface area contributed by atoms with E-state index in [2.05, 4.69) is 4.98 Å². The smallest absolute Gasteiger partial charge is 0.425 e. The molecule has 1 aromatic carbocycles. The van der Waals surface area contributed by atoms with E-state index in [-0.39, 0.29) is 57.7 Å². The Kier molecular flexibility index (Phi) is 12.5. The number of hydrogen-bond donors (Lipinski definition) is 2. The van der Waals surface area contributed by atoms with E-state index in [1.165, 1.54) is 0 Å². The number of aromatic nitrogens is 1. The molecule has 18 heteroatoms. The summed E-state index contributed by atoms with van der Waals surface area (Å²) >= 11 is 0.384. The highest BCUT2D eigenvalue weighted by molar-refractivity contribution is 7.10. The van der Waals surface area contributed by atoms with E-state index in [1.54, 1.807) is 24.0 Å². The van der Waals surface area contributed by atoms with Gasteiger partial charge in [-0.2, -0.15) is 26.3 Å². The Bertz CT molecular complexity index is 1860. The number of rotatable bonds is 13. The number of carboxylic acid groups (broad SMARTS) is 1. The zero-order valence-corrected chi connectivity index (χ0v) is 30.1. The first-order chi connectivity index (χ1) is 25.5. The zero-order chi connectivity index (χ0) is 39.3. The number of hydrogen-bond acceptors (Lipinski definition) is 8. The predicted octanol–water partition coefficient (Wildman–Crippen LogP) is 6.68. The van der Waals surface area contributed by atoms with Crippen molar-refractivity contribution in [3.63, 3.8) is 0 Å². The summed E-state index contributed by atoms with van der Waals surface area (Å²) in [5, 5.41) is 10.1. The van der Waals surface area contributed by atoms with Gasteiger partial charge in [0.05, 0.1) is 30.3 Å². The number of piperazine rings is 1. The summed E-state index contributed by atoms with van der Waals surface area (Å²) in [5.41, 5.74) is -4.71. The summed E-state index contributed by atoms with van der Waals surface area (Å²) < 4.78 is 95.2. The minimum atomic E-state index is -5.04. The minimum absolute atomic E-state index is 0.0474. The molecule has 2 aliphatic rings. The van der Waals surface area contributed by atoms with Gasteiger partial charge in [0, 0.05) is 56.8 Å². The predicted molar refractivity (Wildman–Crippen MR) is 186 cm³/mol. The number of halogens is 6. The third kappa shape index (κ3) is 9.30. The van der Waals surface area contributed by atoms with E-state index in [1.807, 2.05) is 17.0 Å². The number of piperidine rings is 1. The van der Waals surface area contributed by atoms with Crippen molar-refractivity contribution < 1.29 is 55.3 Å². The topological polar surface area (TPSA) is 132 Å². The fourth-order valence-electron chi connectivity index (χ4n) is 7.09. The monoisotopic (exact) mass is 786 g/mol. The Morgan fingerprint density at radius 3 is 2.39 bits per heavy atom. The van der Waals surface area contributed by atoms with E-state index in [4.69, 9.17) is 14.6 Å². The molecule has 0 aliphatic carbocycles. The third-order valence-electron chi connectivity index (χ3n) is 9.54. The van der Waals surface area contributed by atoms with Crippen molar-refractivity contribution in [1.29, 1.82) is 0 Å². The molecule has 0 unspecified atom stereocenters. The second kappa shape index (κ2) is 16.7. The molecule has 0 saturated carbocycles. The molecule has 2 saturated heterocycles. The Morgan fingerprint density at radius 2 is 1.74 bits per heavy atom. The molecule has 2 amide bonds. The van der Waals surface area contributed by atoms with E-state index >= 15 is 0 Å². The number of aliphatic carboxylic acids is 1. The van der Waals surface area contributed by atoms with Crippen LogP contribution in [0.3, 0.4) is 0 Å². The molecule has 0 spiro atoms. The number of ether oxygens (including phenoxy) is 2. The number of aromatic amines is 1. The maximum absolute atomic E-state index is 14.2. The highest BCUT2D eigenvalue weighted by Crippen LogP contribution is 2.43. The number of amides is 2. The number of H-pyrrole nitrogens is 1. The fourth-order valence-corrected chi connectivity index (χ4v) is 7.77. The van der Waals surface area contributed by atoms with Crippen LogP contribution < -0.4 is 19.9 Å². The number of pyridine rings is 1. The van der Waals surface area contributed by atoms with Gasteiger partial charge in [0.15, 0.2) is 0 Å². The van der Waals surface area contributed by atoms with Gasteiger partial charge in [0.1, 0.15) is 27.5 Å². The molecule has 0 radical (unpaired) electrons. The van der Waals surface area contributed by atoms with Crippen LogP contribution >= 0.6 is 11.3 Å². The number of para-hydroxylation sites is 2. The Balaban J connectivity index is 1.42. The molecule has 54 heavy (non-hydrogen) atoms. The Labute approximate surface area is 310 Å². The van der Waals surface area contributed by atoms with Crippen LogP contribution in [-0.4, -0.2) is 88.6 Å². The van der Waals surface area contributed by atoms with E-state index in [9.17, 15) is 45.5 Å². The normalized spacial score (nSPS) is 19.5. The Morgan fingerprint density at radius 1 is 1.02 bits per heavy atom. The molecule has 2 N–H and O–H groups in total. The van der Waals surface area contributed by atoms with Crippen molar-refractivity contribution in [3.8, 4) is 11.5 Å². The van der Waals surface area contributed by atoms with E-state index in [0.717, 1.165) is 28.2 Å². The molecule has 2 atom stereocenters. The van der Waals surface area contributed by atoms with Crippen molar-refractivity contribution in [2.75, 3.05) is 44.2 Å². The van der Waals surface area contributed by atoms with Crippen molar-refractivity contribution in [2.24, 2.45) is 0 Å². The van der Waals surface area contributed by atoms with Gasteiger partial charge >= 0.3 is 18.3 Å². The van der Waals surface area contributed by atoms with Gasteiger partial charge < -0.3 is 34.3 Å². The maximum Gasteiger partial charge on any atom is 0.425 e. The van der Waals surface area contributed by atoms with E-state index in [0.29, 0.717) is 49.1 Å². The summed E-state index contributed by atoms with van der Waals surface area (Å²) in [4.78, 5) is 57.7. The van der Waals surface area contributed by atoms with Crippen LogP contribution in [0.2, 0.25) is 0 Å². The summed E-state index contributed by atoms with van der Waals surface area (Å²) in [6, 6.07) is 7.50. The van der Waals surface area contributed by atoms with E-state index < -0.39 is 69.8 Å². The second-order valence-corrected chi connectivity index (χ2v) is 14.1. The van der Waals surface area contributed by atoms with Crippen molar-refractivity contribution in [1.82, 2.24) is 14.8 Å². The molecule has 4 heterocycles. The highest BCUT2D eigenvalue weighted by Gasteiger charge is 2.51. The first-order valence-electron chi connectivity index (χ1n) is 17.4. The molecule has 2 aliphatic heterocycles. The number of benzene rings is 1. The van der Waals surface area contributed by atoms with Crippen LogP contribution in [0, 0.1) is 0 Å². The molecule has 294 valence electrons. The van der Waals surface area contributed by atoms with Gasteiger partial charge in [0.2, 0.25) is 5.91 Å². The summed E-state index contributed by atoms with van der Waals surface area (Å²) in [6.07, 6.45) is -8.39. The van der Waals surface area contributed by atoms with Gasteiger partial charge in [-0.3, -0.25) is 19.2 Å². The third-order valence-corrected chi connectivity index (χ3v) is 10.5. The summed E-state index contributed by atoms with van der Waals surface area (Å²) in [7, 11) is 0. The number of carbonyl (C=O) groups is 3. The number of anilines is 1. The summed E-state index contributed by atoms with van der Waals surface area (Å²) in [6.45, 7) is 3.06. The molecule has 11 nitrogen and oxygen atoms in total. The number of nitrogens with zero attached hydrogens (tertiary/aromatic N) is 3. The minimum Gasteiger partial charge on any atom is -0.491 e. The van der Waals surface area contributed by atoms with Gasteiger partial charge in [-0.1, -0.05) is 25.5 Å². The number of nitrogens with one attached hydrogen (secondary N) is 1. The SMILES string of the molecule is CCC[C@H]1N(C(=O)c2c(C(F)(F)F)cc[nH]c2=O)CCC[C@]1(CC(=O)N1CCN(c2ccccc2OCCCC(=O)O)CC1)Oc1csc(C(F)(F)F)c1. The number of thiophene rings is 1. The van der Waals surface area contributed by atoms with Gasteiger partial charge in [-0.05, 0) is 43.9 Å². The van der Waals surface area contributed by atoms with Crippen molar-refractivity contribution in [3.05, 3.63) is 74.3 Å². The molecular formula is C36H40F6N4O7S. The van der Waals surface area contributed by atoms with Crippen LogP contribution in [0.4, 0.5) is 32.0 Å². The second-order valence-electron chi connectivity index (χ2n) is 13.2. The zero-order valence-electron chi connectivity index (χ0n) is 29.3. The highest BCUT2D eigenvalue weighted by atomic mass is 32.1. The van der Waals surface area contributed by atoms with Crippen LogP contribution in [0.5, 0.6) is 11.5 Å². The van der Waals surface area contributed by atoms with Crippen LogP contribution in [0.15, 0.2) is 52.8 Å². The fraction of sp³-hybridized carbons (Fsp3) is 0.500.